The molecule has 1 heterocycles. The zero-order valence-corrected chi connectivity index (χ0v) is 13.3. The van der Waals surface area contributed by atoms with E-state index in [2.05, 4.69) is 0 Å². The second-order valence-corrected chi connectivity index (χ2v) is 6.08. The van der Waals surface area contributed by atoms with Gasteiger partial charge in [0.1, 0.15) is 0 Å². The van der Waals surface area contributed by atoms with Crippen LogP contribution < -0.4 is 0 Å². The minimum atomic E-state index is -4.66. The van der Waals surface area contributed by atoms with Crippen LogP contribution in [0.25, 0.3) is 0 Å². The van der Waals surface area contributed by atoms with Crippen LogP contribution in [0.15, 0.2) is 24.3 Å². The van der Waals surface area contributed by atoms with E-state index in [-0.39, 0.29) is 0 Å². The van der Waals surface area contributed by atoms with Crippen molar-refractivity contribution in [1.29, 1.82) is 0 Å². The van der Waals surface area contributed by atoms with E-state index >= 15 is 0 Å². The van der Waals surface area contributed by atoms with Crippen LogP contribution in [0.1, 0.15) is 42.1 Å². The summed E-state index contributed by atoms with van der Waals surface area (Å²) in [5.41, 5.74) is -1.48. The molecule has 2 atom stereocenters. The summed E-state index contributed by atoms with van der Waals surface area (Å²) in [6.45, 7) is 2.40. The number of benzene rings is 1. The molecule has 0 aliphatic carbocycles. The Morgan fingerprint density at radius 2 is 1.71 bits per heavy atom. The average Bonchev–Trinajstić information content (AvgIpc) is 2.55. The number of ketones is 1. The van der Waals surface area contributed by atoms with Gasteiger partial charge in [-0.25, -0.2) is 0 Å². The summed E-state index contributed by atoms with van der Waals surface area (Å²) in [7, 11) is 0. The highest BCUT2D eigenvalue weighted by Crippen LogP contribution is 2.33. The van der Waals surface area contributed by atoms with Crippen molar-refractivity contribution >= 4 is 11.8 Å². The molecule has 1 N–H and O–H groups in total. The lowest BCUT2D eigenvalue weighted by atomic mass is 9.88. The van der Waals surface area contributed by atoms with Crippen molar-refractivity contribution in [3.8, 4) is 0 Å². The Morgan fingerprint density at radius 1 is 1.12 bits per heavy atom. The van der Waals surface area contributed by atoms with E-state index in [9.17, 15) is 27.9 Å². The minimum absolute atomic E-state index is 0.464. The first-order valence-electron chi connectivity index (χ1n) is 7.90. The van der Waals surface area contributed by atoms with Gasteiger partial charge < -0.3 is 5.11 Å². The van der Waals surface area contributed by atoms with E-state index in [1.54, 1.807) is 4.90 Å². The molecule has 24 heavy (non-hydrogen) atoms. The third kappa shape index (κ3) is 3.95. The molecule has 1 saturated heterocycles. The zero-order valence-electron chi connectivity index (χ0n) is 13.3. The van der Waals surface area contributed by atoms with E-state index in [1.807, 2.05) is 0 Å². The van der Waals surface area contributed by atoms with Gasteiger partial charge in [0.15, 0.2) is 5.78 Å². The van der Waals surface area contributed by atoms with Gasteiger partial charge in [0.2, 0.25) is 0 Å². The molecule has 1 aliphatic heterocycles. The van der Waals surface area contributed by atoms with Crippen LogP contribution in [0.5, 0.6) is 0 Å². The summed E-state index contributed by atoms with van der Waals surface area (Å²) in [6.07, 6.45) is -2.09. The van der Waals surface area contributed by atoms with Crippen molar-refractivity contribution in [2.45, 2.75) is 38.4 Å². The van der Waals surface area contributed by atoms with Crippen LogP contribution in [0, 0.1) is 5.92 Å². The lowest BCUT2D eigenvalue weighted by Gasteiger charge is -2.36. The topological polar surface area (TPSA) is 57.6 Å². The molecule has 0 bridgehead atoms. The molecule has 7 heteroatoms. The fourth-order valence-corrected chi connectivity index (χ4v) is 3.15. The van der Waals surface area contributed by atoms with Gasteiger partial charge in [-0.1, -0.05) is 24.6 Å². The van der Waals surface area contributed by atoms with Gasteiger partial charge in [-0.2, -0.15) is 13.2 Å². The number of nitrogens with zero attached hydrogens (tertiary/aromatic N) is 1. The second kappa shape index (κ2) is 7.34. The molecule has 1 aromatic carbocycles. The molecular weight excluding hydrogens is 323 g/mol. The third-order valence-electron chi connectivity index (χ3n) is 4.41. The number of halogens is 3. The summed E-state index contributed by atoms with van der Waals surface area (Å²) in [6, 6.07) is 3.46. The van der Waals surface area contributed by atoms with E-state index < -0.39 is 41.0 Å². The van der Waals surface area contributed by atoms with Crippen molar-refractivity contribution in [2.75, 3.05) is 13.1 Å². The predicted octanol–water partition coefficient (Wildman–Crippen LogP) is 3.46. The Labute approximate surface area is 138 Å². The number of alkyl halides is 3. The lowest BCUT2D eigenvalue weighted by molar-refractivity contribution is -0.143. The molecule has 0 saturated carbocycles. The Balaban J connectivity index is 2.43. The number of carboxylic acid groups (broad SMARTS) is 1. The summed E-state index contributed by atoms with van der Waals surface area (Å²) < 4.78 is 39.6. The maximum absolute atomic E-state index is 13.2. The van der Waals surface area contributed by atoms with Crippen LogP contribution in [-0.4, -0.2) is 40.9 Å². The van der Waals surface area contributed by atoms with Gasteiger partial charge in [0.25, 0.3) is 0 Å². The van der Waals surface area contributed by atoms with E-state index in [0.29, 0.717) is 13.1 Å². The molecular formula is C17H20F3NO3. The van der Waals surface area contributed by atoms with Crippen molar-refractivity contribution in [3.63, 3.8) is 0 Å². The van der Waals surface area contributed by atoms with Crippen molar-refractivity contribution < 1.29 is 27.9 Å². The van der Waals surface area contributed by atoms with Crippen LogP contribution >= 0.6 is 0 Å². The summed E-state index contributed by atoms with van der Waals surface area (Å²) in [5.74, 6) is -3.06. The number of Topliss-reactive ketones (excluding diaryl/α,β-unsaturated/α-hetero) is 1. The first-order chi connectivity index (χ1) is 11.2. The van der Waals surface area contributed by atoms with Gasteiger partial charge in [0.05, 0.1) is 17.5 Å². The number of carbonyl (C=O) groups is 2. The Hall–Kier alpha value is -1.89. The van der Waals surface area contributed by atoms with E-state index in [4.69, 9.17) is 0 Å². The normalized spacial score (nSPS) is 18.8. The minimum Gasteiger partial charge on any atom is -0.481 e. The molecule has 2 rings (SSSR count). The highest BCUT2D eigenvalue weighted by atomic mass is 19.4. The van der Waals surface area contributed by atoms with Crippen LogP contribution in [0.3, 0.4) is 0 Å². The quantitative estimate of drug-likeness (QED) is 0.832. The molecule has 132 valence electrons. The number of hydrogen-bond donors (Lipinski definition) is 1. The third-order valence-corrected chi connectivity index (χ3v) is 4.41. The highest BCUT2D eigenvalue weighted by molar-refractivity contribution is 6.03. The molecule has 1 aromatic rings. The molecule has 0 amide bonds. The van der Waals surface area contributed by atoms with E-state index in [1.165, 1.54) is 19.1 Å². The second-order valence-electron chi connectivity index (χ2n) is 6.08. The maximum atomic E-state index is 13.2. The van der Waals surface area contributed by atoms with E-state index in [0.717, 1.165) is 31.4 Å². The smallest absolute Gasteiger partial charge is 0.417 e. The summed E-state index contributed by atoms with van der Waals surface area (Å²) in [4.78, 5) is 26.0. The Morgan fingerprint density at radius 3 is 2.25 bits per heavy atom. The summed E-state index contributed by atoms with van der Waals surface area (Å²) >= 11 is 0. The number of piperidine rings is 1. The largest absolute Gasteiger partial charge is 0.481 e. The molecule has 0 radical (unpaired) electrons. The Bertz CT molecular complexity index is 609. The Kier molecular flexibility index (Phi) is 5.64. The fourth-order valence-electron chi connectivity index (χ4n) is 3.15. The molecule has 4 nitrogen and oxygen atoms in total. The first-order valence-corrected chi connectivity index (χ1v) is 7.90. The zero-order chi connectivity index (χ0) is 17.9. The standard InChI is InChI=1S/C17H20F3NO3/c1-11(16(23)24)14(21-9-5-2-6-10-21)15(22)12-7-3-4-8-13(12)17(18,19)20/h3-4,7-8,11,14H,2,5-6,9-10H2,1H3,(H,23,24). The number of hydrogen-bond acceptors (Lipinski definition) is 3. The molecule has 1 fully saturated rings. The number of likely N-dealkylation sites (tertiary alicyclic amines) is 1. The fraction of sp³-hybridized carbons (Fsp3) is 0.529. The number of carboxylic acids is 1. The monoisotopic (exact) mass is 343 g/mol. The predicted molar refractivity (Wildman–Crippen MR) is 81.8 cm³/mol. The maximum Gasteiger partial charge on any atom is 0.417 e. The SMILES string of the molecule is CC(C(=O)O)C(C(=O)c1ccccc1C(F)(F)F)N1CCCCC1. The molecule has 0 aromatic heterocycles. The number of carbonyl (C=O) groups excluding carboxylic acids is 1. The van der Waals surface area contributed by atoms with Crippen molar-refractivity contribution in [1.82, 2.24) is 4.90 Å². The highest BCUT2D eigenvalue weighted by Gasteiger charge is 2.41. The summed E-state index contributed by atoms with van der Waals surface area (Å²) in [5, 5.41) is 9.31. The van der Waals surface area contributed by atoms with Gasteiger partial charge in [-0.3, -0.25) is 14.5 Å². The lowest BCUT2D eigenvalue weighted by Crippen LogP contribution is -2.50. The van der Waals surface area contributed by atoms with Crippen LogP contribution in [-0.2, 0) is 11.0 Å². The number of aliphatic carboxylic acids is 1. The first kappa shape index (κ1) is 18.4. The van der Waals surface area contributed by atoms with Crippen molar-refractivity contribution in [2.24, 2.45) is 5.92 Å². The van der Waals surface area contributed by atoms with Crippen LogP contribution in [0.2, 0.25) is 0 Å². The average molecular weight is 343 g/mol. The van der Waals surface area contributed by atoms with Crippen molar-refractivity contribution in [3.05, 3.63) is 35.4 Å². The molecule has 2 unspecified atom stereocenters. The van der Waals surface area contributed by atoms with Gasteiger partial charge in [-0.05, 0) is 38.9 Å². The van der Waals surface area contributed by atoms with Gasteiger partial charge in [-0.15, -0.1) is 0 Å². The van der Waals surface area contributed by atoms with Gasteiger partial charge >= 0.3 is 12.1 Å². The number of rotatable bonds is 5. The van der Waals surface area contributed by atoms with Gasteiger partial charge in [0, 0.05) is 5.56 Å². The molecule has 0 spiro atoms. The van der Waals surface area contributed by atoms with Crippen LogP contribution in [0.4, 0.5) is 13.2 Å². The molecule has 1 aliphatic rings.